The minimum atomic E-state index is 0.487. The molecule has 0 aromatic heterocycles. The SMILES string of the molecule is CC(C)c1ccccc1Nc1ccccc1Cl. The van der Waals surface area contributed by atoms with Gasteiger partial charge < -0.3 is 5.32 Å². The van der Waals surface area contributed by atoms with Crippen molar-refractivity contribution in [3.05, 3.63) is 59.1 Å². The highest BCUT2D eigenvalue weighted by atomic mass is 35.5. The summed E-state index contributed by atoms with van der Waals surface area (Å²) in [7, 11) is 0. The van der Waals surface area contributed by atoms with Gasteiger partial charge in [-0.3, -0.25) is 0 Å². The summed E-state index contributed by atoms with van der Waals surface area (Å²) >= 11 is 6.14. The Morgan fingerprint density at radius 2 is 1.47 bits per heavy atom. The van der Waals surface area contributed by atoms with Crippen LogP contribution >= 0.6 is 11.6 Å². The third-order valence-electron chi connectivity index (χ3n) is 2.73. The first-order chi connectivity index (χ1) is 8.18. The summed E-state index contributed by atoms with van der Waals surface area (Å²) in [6, 6.07) is 16.1. The molecule has 2 aromatic carbocycles. The molecule has 0 saturated heterocycles. The van der Waals surface area contributed by atoms with Gasteiger partial charge in [-0.1, -0.05) is 55.8 Å². The van der Waals surface area contributed by atoms with Crippen molar-refractivity contribution >= 4 is 23.0 Å². The molecule has 0 aliphatic carbocycles. The topological polar surface area (TPSA) is 12.0 Å². The molecule has 0 heterocycles. The van der Waals surface area contributed by atoms with E-state index in [-0.39, 0.29) is 0 Å². The molecular formula is C15H16ClN. The standard InChI is InChI=1S/C15H16ClN/c1-11(2)12-7-3-5-9-14(12)17-15-10-6-4-8-13(15)16/h3-11,17H,1-2H3. The van der Waals surface area contributed by atoms with Crippen LogP contribution in [0.25, 0.3) is 0 Å². The van der Waals surface area contributed by atoms with Crippen molar-refractivity contribution in [1.82, 2.24) is 0 Å². The first-order valence-corrected chi connectivity index (χ1v) is 6.17. The molecule has 17 heavy (non-hydrogen) atoms. The van der Waals surface area contributed by atoms with E-state index in [2.05, 4.69) is 37.4 Å². The lowest BCUT2D eigenvalue weighted by molar-refractivity contribution is 0.869. The summed E-state index contributed by atoms with van der Waals surface area (Å²) in [5.74, 6) is 0.487. The van der Waals surface area contributed by atoms with Gasteiger partial charge in [0.05, 0.1) is 10.7 Å². The zero-order valence-corrected chi connectivity index (χ0v) is 10.8. The number of nitrogens with one attached hydrogen (secondary N) is 1. The number of anilines is 2. The Hall–Kier alpha value is -1.47. The number of halogens is 1. The molecule has 0 aliphatic heterocycles. The van der Waals surface area contributed by atoms with Gasteiger partial charge in [0, 0.05) is 5.69 Å². The molecule has 0 amide bonds. The fourth-order valence-electron chi connectivity index (χ4n) is 1.82. The normalized spacial score (nSPS) is 10.6. The van der Waals surface area contributed by atoms with E-state index in [9.17, 15) is 0 Å². The fraction of sp³-hybridized carbons (Fsp3) is 0.200. The molecule has 1 N–H and O–H groups in total. The summed E-state index contributed by atoms with van der Waals surface area (Å²) in [6.07, 6.45) is 0. The summed E-state index contributed by atoms with van der Waals surface area (Å²) in [5.41, 5.74) is 3.37. The average molecular weight is 246 g/mol. The van der Waals surface area contributed by atoms with Crippen molar-refractivity contribution in [3.8, 4) is 0 Å². The highest BCUT2D eigenvalue weighted by Crippen LogP contribution is 2.29. The molecule has 0 bridgehead atoms. The van der Waals surface area contributed by atoms with Crippen molar-refractivity contribution in [2.75, 3.05) is 5.32 Å². The molecule has 1 nitrogen and oxygen atoms in total. The molecule has 2 aromatic rings. The summed E-state index contributed by atoms with van der Waals surface area (Å²) in [6.45, 7) is 4.38. The van der Waals surface area contributed by atoms with Crippen molar-refractivity contribution in [2.24, 2.45) is 0 Å². The van der Waals surface area contributed by atoms with Gasteiger partial charge in [-0.25, -0.2) is 0 Å². The third-order valence-corrected chi connectivity index (χ3v) is 3.06. The van der Waals surface area contributed by atoms with Crippen LogP contribution in [0.4, 0.5) is 11.4 Å². The number of rotatable bonds is 3. The summed E-state index contributed by atoms with van der Waals surface area (Å²) in [4.78, 5) is 0. The zero-order chi connectivity index (χ0) is 12.3. The Kier molecular flexibility index (Phi) is 3.70. The van der Waals surface area contributed by atoms with Crippen LogP contribution < -0.4 is 5.32 Å². The Morgan fingerprint density at radius 1 is 0.882 bits per heavy atom. The second-order valence-corrected chi connectivity index (χ2v) is 4.75. The lowest BCUT2D eigenvalue weighted by Crippen LogP contribution is -1.97. The predicted molar refractivity (Wildman–Crippen MR) is 75.3 cm³/mol. The molecule has 0 saturated carbocycles. The molecule has 0 aliphatic rings. The van der Waals surface area contributed by atoms with Crippen molar-refractivity contribution in [3.63, 3.8) is 0 Å². The van der Waals surface area contributed by atoms with Crippen LogP contribution in [0.5, 0.6) is 0 Å². The van der Waals surface area contributed by atoms with E-state index in [1.54, 1.807) is 0 Å². The molecule has 0 radical (unpaired) electrons. The number of para-hydroxylation sites is 2. The van der Waals surface area contributed by atoms with E-state index in [0.29, 0.717) is 5.92 Å². The summed E-state index contributed by atoms with van der Waals surface area (Å²) < 4.78 is 0. The first-order valence-electron chi connectivity index (χ1n) is 5.79. The third kappa shape index (κ3) is 2.80. The van der Waals surface area contributed by atoms with Gasteiger partial charge in [0.2, 0.25) is 0 Å². The van der Waals surface area contributed by atoms with Gasteiger partial charge in [0.25, 0.3) is 0 Å². The van der Waals surface area contributed by atoms with Gasteiger partial charge in [0.1, 0.15) is 0 Å². The maximum Gasteiger partial charge on any atom is 0.0640 e. The maximum atomic E-state index is 6.14. The Balaban J connectivity index is 2.34. The summed E-state index contributed by atoms with van der Waals surface area (Å²) in [5, 5.41) is 4.13. The van der Waals surface area contributed by atoms with Crippen LogP contribution in [0.1, 0.15) is 25.3 Å². The van der Waals surface area contributed by atoms with Crippen LogP contribution in [-0.2, 0) is 0 Å². The molecular weight excluding hydrogens is 230 g/mol. The maximum absolute atomic E-state index is 6.14. The van der Waals surface area contributed by atoms with Gasteiger partial charge in [-0.05, 0) is 29.7 Å². The highest BCUT2D eigenvalue weighted by molar-refractivity contribution is 6.33. The number of hydrogen-bond donors (Lipinski definition) is 1. The zero-order valence-electron chi connectivity index (χ0n) is 10.1. The minimum absolute atomic E-state index is 0.487. The molecule has 0 spiro atoms. The van der Waals surface area contributed by atoms with Crippen LogP contribution in [0.3, 0.4) is 0 Å². The Morgan fingerprint density at radius 3 is 2.12 bits per heavy atom. The van der Waals surface area contributed by atoms with E-state index in [0.717, 1.165) is 16.4 Å². The minimum Gasteiger partial charge on any atom is -0.354 e. The number of benzene rings is 2. The van der Waals surface area contributed by atoms with E-state index < -0.39 is 0 Å². The average Bonchev–Trinajstić information content (AvgIpc) is 2.32. The lowest BCUT2D eigenvalue weighted by Gasteiger charge is -2.15. The molecule has 88 valence electrons. The largest absolute Gasteiger partial charge is 0.354 e. The van der Waals surface area contributed by atoms with E-state index in [4.69, 9.17) is 11.6 Å². The molecule has 2 rings (SSSR count). The first kappa shape index (κ1) is 12.0. The lowest BCUT2D eigenvalue weighted by atomic mass is 10.0. The van der Waals surface area contributed by atoms with Crippen molar-refractivity contribution < 1.29 is 0 Å². The number of hydrogen-bond acceptors (Lipinski definition) is 1. The van der Waals surface area contributed by atoms with Gasteiger partial charge in [0.15, 0.2) is 0 Å². The van der Waals surface area contributed by atoms with Crippen molar-refractivity contribution in [2.45, 2.75) is 19.8 Å². The van der Waals surface area contributed by atoms with Crippen LogP contribution in [0, 0.1) is 0 Å². The van der Waals surface area contributed by atoms with Crippen molar-refractivity contribution in [1.29, 1.82) is 0 Å². The van der Waals surface area contributed by atoms with Crippen LogP contribution in [-0.4, -0.2) is 0 Å². The highest BCUT2D eigenvalue weighted by Gasteiger charge is 2.06. The molecule has 0 atom stereocenters. The van der Waals surface area contributed by atoms with Crippen LogP contribution in [0.2, 0.25) is 5.02 Å². The second-order valence-electron chi connectivity index (χ2n) is 4.35. The fourth-order valence-corrected chi connectivity index (χ4v) is 2.00. The van der Waals surface area contributed by atoms with Crippen LogP contribution in [0.15, 0.2) is 48.5 Å². The monoisotopic (exact) mass is 245 g/mol. The van der Waals surface area contributed by atoms with Gasteiger partial charge >= 0.3 is 0 Å². The predicted octanol–water partition coefficient (Wildman–Crippen LogP) is 5.21. The molecule has 0 unspecified atom stereocenters. The quantitative estimate of drug-likeness (QED) is 0.783. The molecule has 2 heteroatoms. The van der Waals surface area contributed by atoms with Gasteiger partial charge in [-0.2, -0.15) is 0 Å². The van der Waals surface area contributed by atoms with Gasteiger partial charge in [-0.15, -0.1) is 0 Å². The van der Waals surface area contributed by atoms with E-state index in [1.165, 1.54) is 5.56 Å². The smallest absolute Gasteiger partial charge is 0.0640 e. The van der Waals surface area contributed by atoms with E-state index in [1.807, 2.05) is 30.3 Å². The Labute approximate surface area is 107 Å². The molecule has 0 fully saturated rings. The Bertz CT molecular complexity index is 506. The van der Waals surface area contributed by atoms with E-state index >= 15 is 0 Å². The second kappa shape index (κ2) is 5.24.